The second-order valence-electron chi connectivity index (χ2n) is 6.42. The highest BCUT2D eigenvalue weighted by molar-refractivity contribution is 6.30. The van der Waals surface area contributed by atoms with E-state index in [0.29, 0.717) is 16.5 Å². The van der Waals surface area contributed by atoms with E-state index in [0.717, 1.165) is 22.0 Å². The molecule has 1 amide bonds. The van der Waals surface area contributed by atoms with Gasteiger partial charge >= 0.3 is 0 Å². The van der Waals surface area contributed by atoms with Gasteiger partial charge in [-0.15, -0.1) is 0 Å². The van der Waals surface area contributed by atoms with Gasteiger partial charge in [-0.3, -0.25) is 4.79 Å². The SMILES string of the molecule is O=C(CNc1ccc2ccccc2c1)N/N=C/c1ccc(-c2ccc(Cl)cc2)o1. The molecule has 0 aliphatic rings. The lowest BCUT2D eigenvalue weighted by atomic mass is 10.1. The van der Waals surface area contributed by atoms with Crippen molar-refractivity contribution in [2.75, 3.05) is 11.9 Å². The van der Waals surface area contributed by atoms with E-state index >= 15 is 0 Å². The van der Waals surface area contributed by atoms with E-state index < -0.39 is 0 Å². The summed E-state index contributed by atoms with van der Waals surface area (Å²) in [6.07, 6.45) is 1.47. The molecule has 0 unspecified atom stereocenters. The van der Waals surface area contributed by atoms with Crippen molar-refractivity contribution < 1.29 is 9.21 Å². The third-order valence-corrected chi connectivity index (χ3v) is 4.59. The second-order valence-corrected chi connectivity index (χ2v) is 6.85. The quantitative estimate of drug-likeness (QED) is 0.338. The summed E-state index contributed by atoms with van der Waals surface area (Å²) in [6.45, 7) is 0.115. The highest BCUT2D eigenvalue weighted by Gasteiger charge is 2.04. The normalized spacial score (nSPS) is 11.1. The minimum atomic E-state index is -0.251. The Morgan fingerprint density at radius 3 is 2.59 bits per heavy atom. The average Bonchev–Trinajstić information content (AvgIpc) is 3.21. The molecule has 3 aromatic carbocycles. The summed E-state index contributed by atoms with van der Waals surface area (Å²) in [4.78, 5) is 12.0. The molecule has 29 heavy (non-hydrogen) atoms. The fraction of sp³-hybridized carbons (Fsp3) is 0.0435. The van der Waals surface area contributed by atoms with E-state index in [1.54, 1.807) is 18.2 Å². The molecule has 0 aliphatic carbocycles. The molecule has 0 saturated heterocycles. The molecule has 4 rings (SSSR count). The Morgan fingerprint density at radius 2 is 1.76 bits per heavy atom. The summed E-state index contributed by atoms with van der Waals surface area (Å²) < 4.78 is 5.70. The summed E-state index contributed by atoms with van der Waals surface area (Å²) in [5, 5.41) is 9.98. The zero-order valence-electron chi connectivity index (χ0n) is 15.4. The molecule has 0 fully saturated rings. The van der Waals surface area contributed by atoms with Crippen LogP contribution in [0.2, 0.25) is 5.02 Å². The van der Waals surface area contributed by atoms with Crippen LogP contribution < -0.4 is 10.7 Å². The Balaban J connectivity index is 1.30. The van der Waals surface area contributed by atoms with E-state index in [1.807, 2.05) is 60.7 Å². The first-order valence-electron chi connectivity index (χ1n) is 9.08. The molecule has 144 valence electrons. The number of furan rings is 1. The largest absolute Gasteiger partial charge is 0.455 e. The predicted molar refractivity (Wildman–Crippen MR) is 117 cm³/mol. The number of anilines is 1. The first-order valence-corrected chi connectivity index (χ1v) is 9.45. The predicted octanol–water partition coefficient (Wildman–Crippen LogP) is 5.32. The lowest BCUT2D eigenvalue weighted by Crippen LogP contribution is -2.25. The van der Waals surface area contributed by atoms with E-state index in [2.05, 4.69) is 15.8 Å². The molecular weight excluding hydrogens is 386 g/mol. The van der Waals surface area contributed by atoms with Crippen LogP contribution in [0.1, 0.15) is 5.76 Å². The van der Waals surface area contributed by atoms with Crippen LogP contribution in [0, 0.1) is 0 Å². The maximum atomic E-state index is 12.0. The molecule has 0 bridgehead atoms. The standard InChI is InChI=1S/C23H18ClN3O2/c24-19-8-5-17(6-9-19)22-12-11-21(29-22)14-26-27-23(28)15-25-20-10-7-16-3-1-2-4-18(16)13-20/h1-14,25H,15H2,(H,27,28)/b26-14+. The lowest BCUT2D eigenvalue weighted by molar-refractivity contribution is -0.119. The van der Waals surface area contributed by atoms with Crippen molar-refractivity contribution in [3.8, 4) is 11.3 Å². The van der Waals surface area contributed by atoms with Gasteiger partial charge in [0.2, 0.25) is 0 Å². The van der Waals surface area contributed by atoms with E-state index in [-0.39, 0.29) is 12.5 Å². The van der Waals surface area contributed by atoms with Crippen molar-refractivity contribution in [1.29, 1.82) is 0 Å². The van der Waals surface area contributed by atoms with Gasteiger partial charge in [0.15, 0.2) is 0 Å². The van der Waals surface area contributed by atoms with Gasteiger partial charge in [-0.25, -0.2) is 5.43 Å². The molecule has 0 spiro atoms. The van der Waals surface area contributed by atoms with Crippen molar-refractivity contribution >= 4 is 40.2 Å². The molecule has 4 aromatic rings. The number of hydrazone groups is 1. The number of nitrogens with one attached hydrogen (secondary N) is 2. The zero-order valence-corrected chi connectivity index (χ0v) is 16.2. The highest BCUT2D eigenvalue weighted by Crippen LogP contribution is 2.23. The summed E-state index contributed by atoms with van der Waals surface area (Å²) in [6, 6.07) is 25.0. The Kier molecular flexibility index (Phi) is 5.59. The van der Waals surface area contributed by atoms with Gasteiger partial charge in [-0.05, 0) is 59.3 Å². The van der Waals surface area contributed by atoms with Gasteiger partial charge in [0.1, 0.15) is 11.5 Å². The van der Waals surface area contributed by atoms with Crippen molar-refractivity contribution in [3.05, 3.63) is 89.6 Å². The van der Waals surface area contributed by atoms with Crippen molar-refractivity contribution in [2.45, 2.75) is 0 Å². The molecular formula is C23H18ClN3O2. The first-order chi connectivity index (χ1) is 14.2. The number of carbonyl (C=O) groups excluding carboxylic acids is 1. The maximum absolute atomic E-state index is 12.0. The van der Waals surface area contributed by atoms with Crippen LogP contribution >= 0.6 is 11.6 Å². The first kappa shape index (κ1) is 18.8. The van der Waals surface area contributed by atoms with Crippen LogP contribution in [-0.4, -0.2) is 18.7 Å². The number of rotatable bonds is 6. The summed E-state index contributed by atoms with van der Waals surface area (Å²) in [7, 11) is 0. The zero-order chi connectivity index (χ0) is 20.1. The van der Waals surface area contributed by atoms with Crippen molar-refractivity contribution in [2.24, 2.45) is 5.10 Å². The van der Waals surface area contributed by atoms with Crippen LogP contribution in [0.25, 0.3) is 22.1 Å². The Labute approximate surface area is 173 Å². The van der Waals surface area contributed by atoms with Crippen LogP contribution in [-0.2, 0) is 4.79 Å². The number of nitrogens with zero attached hydrogens (tertiary/aromatic N) is 1. The van der Waals surface area contributed by atoms with Crippen LogP contribution in [0.3, 0.4) is 0 Å². The number of carbonyl (C=O) groups is 1. The van der Waals surface area contributed by atoms with Crippen molar-refractivity contribution in [1.82, 2.24) is 5.43 Å². The molecule has 6 heteroatoms. The molecule has 2 N–H and O–H groups in total. The Morgan fingerprint density at radius 1 is 0.966 bits per heavy atom. The highest BCUT2D eigenvalue weighted by atomic mass is 35.5. The summed E-state index contributed by atoms with van der Waals surface area (Å²) in [5.74, 6) is 0.990. The minimum absolute atomic E-state index is 0.115. The van der Waals surface area contributed by atoms with Crippen LogP contribution in [0.5, 0.6) is 0 Å². The Hall–Kier alpha value is -3.57. The molecule has 1 aromatic heterocycles. The topological polar surface area (TPSA) is 66.6 Å². The molecule has 5 nitrogen and oxygen atoms in total. The number of benzene rings is 3. The smallest absolute Gasteiger partial charge is 0.259 e. The van der Waals surface area contributed by atoms with Gasteiger partial charge in [-0.1, -0.05) is 41.9 Å². The Bertz CT molecular complexity index is 1170. The third-order valence-electron chi connectivity index (χ3n) is 4.34. The average molecular weight is 404 g/mol. The number of halogens is 1. The third kappa shape index (κ3) is 4.83. The van der Waals surface area contributed by atoms with E-state index in [1.165, 1.54) is 6.21 Å². The second kappa shape index (κ2) is 8.63. The summed E-state index contributed by atoms with van der Waals surface area (Å²) >= 11 is 5.90. The fourth-order valence-electron chi connectivity index (χ4n) is 2.88. The van der Waals surface area contributed by atoms with Crippen molar-refractivity contribution in [3.63, 3.8) is 0 Å². The molecule has 0 radical (unpaired) electrons. The fourth-order valence-corrected chi connectivity index (χ4v) is 3.01. The van der Waals surface area contributed by atoms with Crippen LogP contribution in [0.15, 0.2) is 88.4 Å². The van der Waals surface area contributed by atoms with Gasteiger partial charge in [0, 0.05) is 16.3 Å². The van der Waals surface area contributed by atoms with E-state index in [4.69, 9.17) is 16.0 Å². The number of amides is 1. The lowest BCUT2D eigenvalue weighted by Gasteiger charge is -2.06. The minimum Gasteiger partial charge on any atom is -0.455 e. The number of hydrogen-bond acceptors (Lipinski definition) is 4. The van der Waals surface area contributed by atoms with E-state index in [9.17, 15) is 4.79 Å². The van der Waals surface area contributed by atoms with Gasteiger partial charge in [-0.2, -0.15) is 5.10 Å². The van der Waals surface area contributed by atoms with Gasteiger partial charge < -0.3 is 9.73 Å². The monoisotopic (exact) mass is 403 g/mol. The number of fused-ring (bicyclic) bond motifs is 1. The van der Waals surface area contributed by atoms with Gasteiger partial charge in [0.25, 0.3) is 5.91 Å². The molecule has 0 atom stereocenters. The molecule has 1 heterocycles. The summed E-state index contributed by atoms with van der Waals surface area (Å²) in [5.41, 5.74) is 4.28. The maximum Gasteiger partial charge on any atom is 0.259 e. The molecule has 0 saturated carbocycles. The number of hydrogen-bond donors (Lipinski definition) is 2. The van der Waals surface area contributed by atoms with Gasteiger partial charge in [0.05, 0.1) is 12.8 Å². The molecule has 0 aliphatic heterocycles. The van der Waals surface area contributed by atoms with Crippen LogP contribution in [0.4, 0.5) is 5.69 Å².